The van der Waals surface area contributed by atoms with Crippen LogP contribution in [0.15, 0.2) is 42.5 Å². The fraction of sp³-hybridized carbons (Fsp3) is 0.500. The molecule has 0 aliphatic heterocycles. The van der Waals surface area contributed by atoms with Crippen molar-refractivity contribution in [1.29, 1.82) is 0 Å². The highest BCUT2D eigenvalue weighted by atomic mass is 19.1. The molecule has 0 heterocycles. The number of nitrogens with zero attached hydrogens (tertiary/aromatic N) is 2. The highest BCUT2D eigenvalue weighted by Gasteiger charge is 2.29. The molecule has 0 saturated heterocycles. The molecule has 1 amide bonds. The van der Waals surface area contributed by atoms with Crippen molar-refractivity contribution in [3.05, 3.63) is 59.4 Å². The summed E-state index contributed by atoms with van der Waals surface area (Å²) in [5.41, 5.74) is 1.93. The molecule has 3 rings (SSSR count). The number of hydrogen-bond donors (Lipinski definition) is 0. The zero-order valence-corrected chi connectivity index (χ0v) is 19.2. The standard InChI is InChI=1S/C26H35FN2O2.H2/c1-5-7-16-31-23-13-9-19(10-14-23)26(30)29(6-2)22-12-15-24(25(27)18-22)20-8-11-21(17-20)28(3)4;/h9-10,12-15,18,20-21H,5-8,11,16-17H2,1-4H3;1H. The maximum atomic E-state index is 15.0. The zero-order valence-electron chi connectivity index (χ0n) is 19.2. The summed E-state index contributed by atoms with van der Waals surface area (Å²) in [6.07, 6.45) is 5.15. The summed E-state index contributed by atoms with van der Waals surface area (Å²) in [5, 5.41) is 0. The average Bonchev–Trinajstić information content (AvgIpc) is 3.25. The van der Waals surface area contributed by atoms with E-state index in [1.807, 2.05) is 31.2 Å². The van der Waals surface area contributed by atoms with Crippen molar-refractivity contribution in [3.8, 4) is 5.75 Å². The number of amides is 1. The predicted molar refractivity (Wildman–Crippen MR) is 127 cm³/mol. The average molecular weight is 429 g/mol. The molecule has 170 valence electrons. The molecule has 4 nitrogen and oxygen atoms in total. The molecule has 31 heavy (non-hydrogen) atoms. The molecule has 1 aliphatic rings. The summed E-state index contributed by atoms with van der Waals surface area (Å²) in [4.78, 5) is 16.9. The fourth-order valence-corrected chi connectivity index (χ4v) is 4.35. The molecular formula is C26H37FN2O2. The van der Waals surface area contributed by atoms with Gasteiger partial charge in [-0.15, -0.1) is 0 Å². The van der Waals surface area contributed by atoms with Crippen LogP contribution in [0.4, 0.5) is 10.1 Å². The number of anilines is 1. The first-order valence-electron chi connectivity index (χ1n) is 11.4. The van der Waals surface area contributed by atoms with Crippen LogP contribution in [0.2, 0.25) is 0 Å². The van der Waals surface area contributed by atoms with E-state index in [0.29, 0.717) is 30.4 Å². The van der Waals surface area contributed by atoms with Crippen molar-refractivity contribution in [2.24, 2.45) is 0 Å². The van der Waals surface area contributed by atoms with E-state index in [1.54, 1.807) is 17.0 Å². The molecule has 2 atom stereocenters. The molecular weight excluding hydrogens is 391 g/mol. The number of unbranched alkanes of at least 4 members (excludes halogenated alkanes) is 1. The molecule has 5 heteroatoms. The third kappa shape index (κ3) is 5.65. The van der Waals surface area contributed by atoms with Crippen molar-refractivity contribution in [1.82, 2.24) is 4.90 Å². The Morgan fingerprint density at radius 2 is 1.87 bits per heavy atom. The molecule has 0 spiro atoms. The van der Waals surface area contributed by atoms with Gasteiger partial charge in [-0.3, -0.25) is 4.79 Å². The summed E-state index contributed by atoms with van der Waals surface area (Å²) < 4.78 is 20.7. The lowest BCUT2D eigenvalue weighted by Gasteiger charge is -2.23. The van der Waals surface area contributed by atoms with Crippen molar-refractivity contribution >= 4 is 11.6 Å². The van der Waals surface area contributed by atoms with Crippen LogP contribution < -0.4 is 9.64 Å². The van der Waals surface area contributed by atoms with Gasteiger partial charge in [0.25, 0.3) is 5.91 Å². The SMILES string of the molecule is CCCCOc1ccc(C(=O)N(CC)c2ccc(C3CCC(N(C)C)C3)c(F)c2)cc1.[HH]. The van der Waals surface area contributed by atoms with Crippen molar-refractivity contribution < 1.29 is 15.3 Å². The van der Waals surface area contributed by atoms with Gasteiger partial charge in [-0.2, -0.15) is 0 Å². The van der Waals surface area contributed by atoms with Gasteiger partial charge < -0.3 is 14.5 Å². The number of carbonyl (C=O) groups is 1. The normalized spacial score (nSPS) is 18.4. The Morgan fingerprint density at radius 3 is 2.45 bits per heavy atom. The topological polar surface area (TPSA) is 32.8 Å². The lowest BCUT2D eigenvalue weighted by molar-refractivity contribution is 0.0988. The minimum absolute atomic E-state index is 0. The van der Waals surface area contributed by atoms with E-state index in [0.717, 1.165) is 43.4 Å². The van der Waals surface area contributed by atoms with Crippen LogP contribution in [0.3, 0.4) is 0 Å². The predicted octanol–water partition coefficient (Wildman–Crippen LogP) is 6.12. The Balaban J connectivity index is 0.00000363. The third-order valence-corrected chi connectivity index (χ3v) is 6.30. The number of halogens is 1. The molecule has 0 radical (unpaired) electrons. The lowest BCUT2D eigenvalue weighted by atomic mass is 9.96. The Bertz CT molecular complexity index is 873. The van der Waals surface area contributed by atoms with E-state index in [1.165, 1.54) is 6.07 Å². The number of benzene rings is 2. The van der Waals surface area contributed by atoms with Crippen LogP contribution in [0.25, 0.3) is 0 Å². The van der Waals surface area contributed by atoms with Crippen LogP contribution in [0.5, 0.6) is 5.75 Å². The second-order valence-electron chi connectivity index (χ2n) is 8.61. The van der Waals surface area contributed by atoms with E-state index in [2.05, 4.69) is 25.9 Å². The molecule has 0 bridgehead atoms. The number of rotatable bonds is 9. The van der Waals surface area contributed by atoms with E-state index >= 15 is 4.39 Å². The molecule has 1 aliphatic carbocycles. The maximum absolute atomic E-state index is 15.0. The molecule has 1 saturated carbocycles. The largest absolute Gasteiger partial charge is 0.494 e. The first-order chi connectivity index (χ1) is 14.9. The van der Waals surface area contributed by atoms with Crippen LogP contribution in [0.1, 0.15) is 69.2 Å². The van der Waals surface area contributed by atoms with E-state index < -0.39 is 0 Å². The minimum atomic E-state index is -0.215. The van der Waals surface area contributed by atoms with Crippen molar-refractivity contribution in [2.45, 2.75) is 57.9 Å². The lowest BCUT2D eigenvalue weighted by Crippen LogP contribution is -2.30. The highest BCUT2D eigenvalue weighted by molar-refractivity contribution is 6.06. The molecule has 2 aromatic rings. The smallest absolute Gasteiger partial charge is 0.258 e. The first-order valence-corrected chi connectivity index (χ1v) is 11.4. The summed E-state index contributed by atoms with van der Waals surface area (Å²) in [6, 6.07) is 13.0. The van der Waals surface area contributed by atoms with Gasteiger partial charge in [0.05, 0.1) is 6.61 Å². The molecule has 0 N–H and O–H groups in total. The summed E-state index contributed by atoms with van der Waals surface area (Å²) in [6.45, 7) is 5.17. The van der Waals surface area contributed by atoms with Gasteiger partial charge in [0.1, 0.15) is 11.6 Å². The summed E-state index contributed by atoms with van der Waals surface area (Å²) in [7, 11) is 4.17. The van der Waals surface area contributed by atoms with Gasteiger partial charge >= 0.3 is 0 Å². The van der Waals surface area contributed by atoms with Crippen molar-refractivity contribution in [3.63, 3.8) is 0 Å². The first kappa shape index (κ1) is 23.3. The van der Waals surface area contributed by atoms with Gasteiger partial charge in [0, 0.05) is 25.3 Å². The Hall–Kier alpha value is -2.40. The second kappa shape index (κ2) is 10.8. The number of carbonyl (C=O) groups excluding carboxylic acids is 1. The van der Waals surface area contributed by atoms with Crippen LogP contribution in [0, 0.1) is 5.82 Å². The van der Waals surface area contributed by atoms with E-state index in [-0.39, 0.29) is 19.1 Å². The van der Waals surface area contributed by atoms with Gasteiger partial charge in [0.2, 0.25) is 0 Å². The monoisotopic (exact) mass is 428 g/mol. The van der Waals surface area contributed by atoms with Crippen molar-refractivity contribution in [2.75, 3.05) is 32.1 Å². The second-order valence-corrected chi connectivity index (χ2v) is 8.61. The van der Waals surface area contributed by atoms with E-state index in [9.17, 15) is 4.79 Å². The fourth-order valence-electron chi connectivity index (χ4n) is 4.35. The quantitative estimate of drug-likeness (QED) is 0.451. The minimum Gasteiger partial charge on any atom is -0.494 e. The third-order valence-electron chi connectivity index (χ3n) is 6.30. The molecule has 2 aromatic carbocycles. The molecule has 2 unspecified atom stereocenters. The number of hydrogen-bond acceptors (Lipinski definition) is 3. The van der Waals surface area contributed by atoms with Crippen LogP contribution in [-0.2, 0) is 0 Å². The zero-order chi connectivity index (χ0) is 22.4. The van der Waals surface area contributed by atoms with E-state index in [4.69, 9.17) is 4.74 Å². The molecule has 1 fully saturated rings. The summed E-state index contributed by atoms with van der Waals surface area (Å²) in [5.74, 6) is 0.652. The van der Waals surface area contributed by atoms with Gasteiger partial charge in [0.15, 0.2) is 0 Å². The Labute approximate surface area is 187 Å². The van der Waals surface area contributed by atoms with Gasteiger partial charge in [-0.05, 0) is 94.6 Å². The van der Waals surface area contributed by atoms with Crippen LogP contribution >= 0.6 is 0 Å². The number of ether oxygens (including phenoxy) is 1. The highest BCUT2D eigenvalue weighted by Crippen LogP contribution is 2.38. The Morgan fingerprint density at radius 1 is 1.13 bits per heavy atom. The molecule has 0 aromatic heterocycles. The van der Waals surface area contributed by atoms with Gasteiger partial charge in [-0.1, -0.05) is 19.4 Å². The Kier molecular flexibility index (Phi) is 8.08. The van der Waals surface area contributed by atoms with Crippen LogP contribution in [-0.4, -0.2) is 44.1 Å². The van der Waals surface area contributed by atoms with Gasteiger partial charge in [-0.25, -0.2) is 4.39 Å². The summed E-state index contributed by atoms with van der Waals surface area (Å²) >= 11 is 0. The maximum Gasteiger partial charge on any atom is 0.258 e.